The monoisotopic (exact) mass is 600 g/mol. The Morgan fingerprint density at radius 3 is 2.47 bits per heavy atom. The van der Waals surface area contributed by atoms with Crippen LogP contribution in [0.15, 0.2) is 35.1 Å². The number of aryl methyl sites for hydroxylation is 1. The second-order valence-corrected chi connectivity index (χ2v) is 12.5. The number of nitrogens with zero attached hydrogens (tertiary/aromatic N) is 4. The lowest BCUT2D eigenvalue weighted by Crippen LogP contribution is -2.58. The van der Waals surface area contributed by atoms with Gasteiger partial charge in [-0.1, -0.05) is 11.6 Å². The van der Waals surface area contributed by atoms with E-state index in [0.717, 1.165) is 71.1 Å². The fraction of sp³-hybridized carbons (Fsp3) is 0.606. The quantitative estimate of drug-likeness (QED) is 0.291. The first-order chi connectivity index (χ1) is 20.4. The molecule has 2 aromatic rings. The molecular weight excluding hydrogens is 557 g/mol. The molecule has 0 atom stereocenters. The predicted molar refractivity (Wildman–Crippen MR) is 162 cm³/mol. The molecule has 1 saturated heterocycles. The molecule has 0 amide bonds. The number of likely N-dealkylation sites (tertiary alicyclic amines) is 1. The molecule has 0 bridgehead atoms. The minimum Gasteiger partial charge on any atom is -0.368 e. The van der Waals surface area contributed by atoms with Gasteiger partial charge in [-0.2, -0.15) is 18.3 Å². The van der Waals surface area contributed by atoms with Gasteiger partial charge in [0.1, 0.15) is 6.61 Å². The van der Waals surface area contributed by atoms with Gasteiger partial charge in [-0.05, 0) is 82.6 Å². The summed E-state index contributed by atoms with van der Waals surface area (Å²) >= 11 is 0. The van der Waals surface area contributed by atoms with Gasteiger partial charge in [-0.25, -0.2) is 0 Å². The van der Waals surface area contributed by atoms with Crippen LogP contribution >= 0.6 is 0 Å². The summed E-state index contributed by atoms with van der Waals surface area (Å²) in [4.78, 5) is 31.0. The van der Waals surface area contributed by atoms with E-state index in [9.17, 15) is 22.8 Å². The second kappa shape index (κ2) is 12.6. The third-order valence-corrected chi connectivity index (χ3v) is 9.51. The van der Waals surface area contributed by atoms with Crippen LogP contribution in [-0.4, -0.2) is 76.9 Å². The largest absolute Gasteiger partial charge is 0.411 e. The first kappa shape index (κ1) is 31.4. The van der Waals surface area contributed by atoms with Gasteiger partial charge in [0, 0.05) is 62.6 Å². The van der Waals surface area contributed by atoms with Gasteiger partial charge in [0.15, 0.2) is 11.6 Å². The Balaban J connectivity index is 1.30. The number of ketones is 2. The standard InChI is InChI=1S/C33H43F3N4O3/c1-6-40(24-9-7-23(8-10-24)39-17-25(18-39)43-19-33(34,35)36)32-22(4)27(15-29-28(32)16-37-38(29)5)30(41)12-11-26-21(3)13-20(2)14-31(26)42/h13,15-16,23-25H,6-12,14,17-19H2,1-5H3. The molecule has 0 unspecified atom stereocenters. The highest BCUT2D eigenvalue weighted by molar-refractivity contribution is 6.07. The highest BCUT2D eigenvalue weighted by Gasteiger charge is 2.39. The lowest BCUT2D eigenvalue weighted by Gasteiger charge is -2.47. The van der Waals surface area contributed by atoms with Crippen molar-refractivity contribution in [3.63, 3.8) is 0 Å². The van der Waals surface area contributed by atoms with Gasteiger partial charge in [-0.15, -0.1) is 0 Å². The van der Waals surface area contributed by atoms with E-state index >= 15 is 0 Å². The van der Waals surface area contributed by atoms with Gasteiger partial charge >= 0.3 is 6.18 Å². The zero-order chi connectivity index (χ0) is 31.1. The second-order valence-electron chi connectivity index (χ2n) is 12.5. The number of aromatic nitrogens is 2. The highest BCUT2D eigenvalue weighted by atomic mass is 19.4. The first-order valence-corrected chi connectivity index (χ1v) is 15.4. The van der Waals surface area contributed by atoms with E-state index in [1.165, 1.54) is 0 Å². The molecule has 1 saturated carbocycles. The van der Waals surface area contributed by atoms with Gasteiger partial charge in [-0.3, -0.25) is 19.2 Å². The average Bonchev–Trinajstić information content (AvgIpc) is 3.28. The number of benzene rings is 1. The molecule has 1 aliphatic heterocycles. The Kier molecular flexibility index (Phi) is 9.18. The van der Waals surface area contributed by atoms with Crippen molar-refractivity contribution in [1.29, 1.82) is 0 Å². The van der Waals surface area contributed by atoms with Crippen molar-refractivity contribution in [3.05, 3.63) is 46.2 Å². The third kappa shape index (κ3) is 6.75. The van der Waals surface area contributed by atoms with Gasteiger partial charge in [0.25, 0.3) is 0 Å². The topological polar surface area (TPSA) is 67.7 Å². The lowest BCUT2D eigenvalue weighted by molar-refractivity contribution is -0.202. The van der Waals surface area contributed by atoms with Gasteiger partial charge in [0.2, 0.25) is 0 Å². The van der Waals surface area contributed by atoms with E-state index in [1.54, 1.807) is 0 Å². The van der Waals surface area contributed by atoms with Crippen molar-refractivity contribution in [2.45, 2.75) is 97.0 Å². The van der Waals surface area contributed by atoms with Crippen LogP contribution in [0, 0.1) is 6.92 Å². The molecule has 234 valence electrons. The summed E-state index contributed by atoms with van der Waals surface area (Å²) in [5.74, 6) is 0.140. The maximum atomic E-state index is 13.7. The number of alkyl halides is 3. The Morgan fingerprint density at radius 2 is 1.84 bits per heavy atom. The van der Waals surface area contributed by atoms with Crippen LogP contribution in [0.3, 0.4) is 0 Å². The fourth-order valence-electron chi connectivity index (χ4n) is 7.25. The first-order valence-electron chi connectivity index (χ1n) is 15.4. The molecule has 2 fully saturated rings. The number of anilines is 1. The number of Topliss-reactive ketones (excluding diaryl/α,β-unsaturated/α-hetero) is 2. The third-order valence-electron chi connectivity index (χ3n) is 9.51. The Labute approximate surface area is 251 Å². The zero-order valence-electron chi connectivity index (χ0n) is 25.9. The summed E-state index contributed by atoms with van der Waals surface area (Å²) in [6.45, 7) is 8.78. The fourth-order valence-corrected chi connectivity index (χ4v) is 7.25. The number of halogens is 3. The molecule has 7 nitrogen and oxygen atoms in total. The highest BCUT2D eigenvalue weighted by Crippen LogP contribution is 2.39. The van der Waals surface area contributed by atoms with Crippen LogP contribution in [0.2, 0.25) is 0 Å². The molecule has 0 N–H and O–H groups in total. The molecule has 10 heteroatoms. The van der Waals surface area contributed by atoms with E-state index < -0.39 is 12.8 Å². The average molecular weight is 601 g/mol. The van der Waals surface area contributed by atoms with E-state index in [4.69, 9.17) is 4.74 Å². The van der Waals surface area contributed by atoms with Crippen LogP contribution < -0.4 is 4.90 Å². The predicted octanol–water partition coefficient (Wildman–Crippen LogP) is 6.48. The van der Waals surface area contributed by atoms with E-state index in [2.05, 4.69) is 21.8 Å². The number of hydrogen-bond donors (Lipinski definition) is 0. The summed E-state index contributed by atoms with van der Waals surface area (Å²) in [5.41, 5.74) is 6.34. The van der Waals surface area contributed by atoms with Crippen molar-refractivity contribution in [3.8, 4) is 0 Å². The number of fused-ring (bicyclic) bond motifs is 1. The van der Waals surface area contributed by atoms with E-state index in [-0.39, 0.29) is 30.1 Å². The summed E-state index contributed by atoms with van der Waals surface area (Å²) < 4.78 is 44.3. The molecule has 3 aliphatic rings. The number of allylic oxidation sites excluding steroid dienone is 4. The molecule has 1 aromatic carbocycles. The maximum absolute atomic E-state index is 13.7. The molecule has 0 radical (unpaired) electrons. The molecule has 2 heterocycles. The minimum atomic E-state index is -4.29. The summed E-state index contributed by atoms with van der Waals surface area (Å²) in [5, 5.41) is 5.55. The van der Waals surface area contributed by atoms with Gasteiger partial charge in [0.05, 0.1) is 23.5 Å². The summed E-state index contributed by atoms with van der Waals surface area (Å²) in [6.07, 6.45) is 4.29. The van der Waals surface area contributed by atoms with Crippen LogP contribution in [0.5, 0.6) is 0 Å². The van der Waals surface area contributed by atoms with E-state index in [0.29, 0.717) is 37.5 Å². The summed E-state index contributed by atoms with van der Waals surface area (Å²) in [7, 11) is 1.89. The lowest BCUT2D eigenvalue weighted by atomic mass is 9.86. The van der Waals surface area contributed by atoms with Crippen molar-refractivity contribution in [2.75, 3.05) is 31.1 Å². The van der Waals surface area contributed by atoms with E-state index in [1.807, 2.05) is 50.8 Å². The Morgan fingerprint density at radius 1 is 1.14 bits per heavy atom. The maximum Gasteiger partial charge on any atom is 0.411 e. The van der Waals surface area contributed by atoms with Gasteiger partial charge < -0.3 is 9.64 Å². The zero-order valence-corrected chi connectivity index (χ0v) is 25.9. The smallest absolute Gasteiger partial charge is 0.368 e. The van der Waals surface area contributed by atoms with Crippen molar-refractivity contribution in [2.24, 2.45) is 7.05 Å². The molecular formula is C33H43F3N4O3. The van der Waals surface area contributed by atoms with Crippen molar-refractivity contribution < 1.29 is 27.5 Å². The molecule has 43 heavy (non-hydrogen) atoms. The molecule has 0 spiro atoms. The van der Waals surface area contributed by atoms with Crippen LogP contribution in [0.25, 0.3) is 10.9 Å². The Bertz CT molecular complexity index is 1440. The molecule has 1 aromatic heterocycles. The van der Waals surface area contributed by atoms with Crippen molar-refractivity contribution in [1.82, 2.24) is 14.7 Å². The normalized spacial score (nSPS) is 22.2. The van der Waals surface area contributed by atoms with Crippen LogP contribution in [-0.2, 0) is 16.6 Å². The minimum absolute atomic E-state index is 0.0288. The van der Waals surface area contributed by atoms with Crippen LogP contribution in [0.1, 0.15) is 81.6 Å². The Hall–Kier alpha value is -2.98. The number of carbonyl (C=O) groups excluding carboxylic acids is 2. The SMILES string of the molecule is CCN(c1c(C)c(C(=O)CCC2=C(C)C=C(C)CC2=O)cc2c1cnn2C)C1CCC(N2CC(OCC(F)(F)F)C2)CC1. The van der Waals surface area contributed by atoms with Crippen LogP contribution in [0.4, 0.5) is 18.9 Å². The number of rotatable bonds is 10. The number of hydrogen-bond acceptors (Lipinski definition) is 6. The van der Waals surface area contributed by atoms with Crippen molar-refractivity contribution >= 4 is 28.2 Å². The number of ether oxygens (including phenoxy) is 1. The summed E-state index contributed by atoms with van der Waals surface area (Å²) in [6, 6.07) is 2.59. The molecule has 5 rings (SSSR count). The number of carbonyl (C=O) groups is 2. The molecule has 2 aliphatic carbocycles.